The van der Waals surface area contributed by atoms with E-state index in [4.69, 9.17) is 5.26 Å². The predicted molar refractivity (Wildman–Crippen MR) is 49.2 cm³/mol. The van der Waals surface area contributed by atoms with Crippen LogP contribution in [0.4, 0.5) is 0 Å². The molecule has 0 aromatic heterocycles. The summed E-state index contributed by atoms with van der Waals surface area (Å²) in [6, 6.07) is 6.92. The Labute approximate surface area is 76.2 Å². The molecule has 0 aliphatic heterocycles. The van der Waals surface area contributed by atoms with Gasteiger partial charge in [-0.1, -0.05) is 6.07 Å². The van der Waals surface area contributed by atoms with Crippen LogP contribution in [0.15, 0.2) is 18.2 Å². The smallest absolute Gasteiger partial charge is 0.216 e. The summed E-state index contributed by atoms with van der Waals surface area (Å²) >= 11 is 3.70. The Balaban J connectivity index is 3.28. The monoisotopic (exact) mass is 177 g/mol. The molecular formula is C9H7NOS. The molecule has 0 saturated carbocycles. The van der Waals surface area contributed by atoms with Crippen molar-refractivity contribution in [3.05, 3.63) is 34.9 Å². The van der Waals surface area contributed by atoms with Crippen molar-refractivity contribution in [2.75, 3.05) is 0 Å². The van der Waals surface area contributed by atoms with Gasteiger partial charge in [0, 0.05) is 5.56 Å². The van der Waals surface area contributed by atoms with Crippen LogP contribution in [0.2, 0.25) is 0 Å². The van der Waals surface area contributed by atoms with Crippen molar-refractivity contribution in [3.63, 3.8) is 0 Å². The van der Waals surface area contributed by atoms with Gasteiger partial charge in [0.1, 0.15) is 0 Å². The fraction of sp³-hybridized carbons (Fsp3) is 0.111. The zero-order valence-electron chi connectivity index (χ0n) is 6.53. The van der Waals surface area contributed by atoms with E-state index in [1.54, 1.807) is 18.2 Å². The van der Waals surface area contributed by atoms with Crippen molar-refractivity contribution in [1.29, 1.82) is 5.26 Å². The molecule has 0 fully saturated rings. The van der Waals surface area contributed by atoms with Crippen LogP contribution in [-0.2, 0) is 0 Å². The van der Waals surface area contributed by atoms with E-state index in [0.717, 1.165) is 5.56 Å². The van der Waals surface area contributed by atoms with Gasteiger partial charge in [0.15, 0.2) is 0 Å². The highest BCUT2D eigenvalue weighted by atomic mass is 32.1. The fourth-order valence-corrected chi connectivity index (χ4v) is 1.16. The third-order valence-electron chi connectivity index (χ3n) is 1.60. The normalized spacial score (nSPS) is 9.08. The molecule has 60 valence electrons. The van der Waals surface area contributed by atoms with Crippen LogP contribution in [0.1, 0.15) is 21.5 Å². The first kappa shape index (κ1) is 8.82. The SMILES string of the molecule is Cc1ccc(C#N)cc1C(=O)S. The molecule has 0 aliphatic carbocycles. The van der Waals surface area contributed by atoms with Crippen molar-refractivity contribution >= 4 is 17.7 Å². The molecule has 0 radical (unpaired) electrons. The average Bonchev–Trinajstić information content (AvgIpc) is 2.05. The van der Waals surface area contributed by atoms with E-state index in [-0.39, 0.29) is 5.12 Å². The van der Waals surface area contributed by atoms with Crippen molar-refractivity contribution < 1.29 is 4.79 Å². The van der Waals surface area contributed by atoms with E-state index in [2.05, 4.69) is 12.6 Å². The van der Waals surface area contributed by atoms with Gasteiger partial charge in [-0.25, -0.2) is 0 Å². The lowest BCUT2D eigenvalue weighted by molar-refractivity contribution is 0.109. The summed E-state index contributed by atoms with van der Waals surface area (Å²) in [5.41, 5.74) is 1.82. The molecule has 0 aliphatic rings. The van der Waals surface area contributed by atoms with Crippen LogP contribution in [0.25, 0.3) is 0 Å². The lowest BCUT2D eigenvalue weighted by atomic mass is 10.1. The maximum Gasteiger partial charge on any atom is 0.216 e. The Morgan fingerprint density at radius 3 is 2.75 bits per heavy atom. The molecule has 1 aromatic carbocycles. The zero-order valence-corrected chi connectivity index (χ0v) is 7.43. The molecule has 0 saturated heterocycles. The number of hydrogen-bond acceptors (Lipinski definition) is 2. The van der Waals surface area contributed by atoms with Crippen molar-refractivity contribution in [2.24, 2.45) is 0 Å². The Morgan fingerprint density at radius 1 is 1.58 bits per heavy atom. The molecule has 12 heavy (non-hydrogen) atoms. The molecule has 1 rings (SSSR count). The summed E-state index contributed by atoms with van der Waals surface area (Å²) in [6.07, 6.45) is 0. The number of nitrogens with zero attached hydrogens (tertiary/aromatic N) is 1. The standard InChI is InChI=1S/C9H7NOS/c1-6-2-3-7(5-10)4-8(6)9(11)12/h2-4H,1H3,(H,11,12). The lowest BCUT2D eigenvalue weighted by Gasteiger charge is -1.99. The van der Waals surface area contributed by atoms with Crippen LogP contribution < -0.4 is 0 Å². The van der Waals surface area contributed by atoms with Crippen LogP contribution >= 0.6 is 12.6 Å². The van der Waals surface area contributed by atoms with Gasteiger partial charge in [0.05, 0.1) is 11.6 Å². The summed E-state index contributed by atoms with van der Waals surface area (Å²) in [5, 5.41) is 8.25. The maximum absolute atomic E-state index is 10.9. The molecule has 2 nitrogen and oxygen atoms in total. The Bertz CT molecular complexity index is 365. The summed E-state index contributed by atoms with van der Waals surface area (Å²) in [7, 11) is 0. The minimum absolute atomic E-state index is 0.301. The molecule has 0 bridgehead atoms. The van der Waals surface area contributed by atoms with Crippen LogP contribution in [-0.4, -0.2) is 5.12 Å². The first-order chi connectivity index (χ1) is 5.65. The number of thiol groups is 1. The second-order valence-corrected chi connectivity index (χ2v) is 2.85. The van der Waals surface area contributed by atoms with Crippen molar-refractivity contribution in [2.45, 2.75) is 6.92 Å². The van der Waals surface area contributed by atoms with Gasteiger partial charge in [0.2, 0.25) is 5.12 Å². The number of carbonyl (C=O) groups is 1. The summed E-state index contributed by atoms with van der Waals surface area (Å²) < 4.78 is 0. The lowest BCUT2D eigenvalue weighted by Crippen LogP contribution is -1.93. The maximum atomic E-state index is 10.9. The highest BCUT2D eigenvalue weighted by Gasteiger charge is 2.04. The van der Waals surface area contributed by atoms with E-state index in [9.17, 15) is 4.79 Å². The molecule has 0 N–H and O–H groups in total. The van der Waals surface area contributed by atoms with E-state index >= 15 is 0 Å². The minimum atomic E-state index is -0.301. The Morgan fingerprint density at radius 2 is 2.25 bits per heavy atom. The predicted octanol–water partition coefficient (Wildman–Crippen LogP) is 1.94. The van der Waals surface area contributed by atoms with Gasteiger partial charge in [0.25, 0.3) is 0 Å². The number of carbonyl (C=O) groups excluding carboxylic acids is 1. The van der Waals surface area contributed by atoms with Gasteiger partial charge in [-0.2, -0.15) is 5.26 Å². The highest BCUT2D eigenvalue weighted by Crippen LogP contribution is 2.12. The molecule has 1 aromatic rings. The molecule has 3 heteroatoms. The second kappa shape index (κ2) is 3.42. The van der Waals surface area contributed by atoms with E-state index in [1.807, 2.05) is 13.0 Å². The minimum Gasteiger partial charge on any atom is -0.282 e. The van der Waals surface area contributed by atoms with Gasteiger partial charge in [-0.05, 0) is 24.6 Å². The number of hydrogen-bond donors (Lipinski definition) is 1. The van der Waals surface area contributed by atoms with E-state index in [1.165, 1.54) is 0 Å². The molecule has 0 spiro atoms. The molecule has 0 heterocycles. The average molecular weight is 177 g/mol. The van der Waals surface area contributed by atoms with Crippen molar-refractivity contribution in [3.8, 4) is 6.07 Å². The Hall–Kier alpha value is -1.27. The first-order valence-corrected chi connectivity index (χ1v) is 3.84. The largest absolute Gasteiger partial charge is 0.282 e. The fourth-order valence-electron chi connectivity index (χ4n) is 0.922. The topological polar surface area (TPSA) is 40.9 Å². The van der Waals surface area contributed by atoms with Crippen LogP contribution in [0, 0.1) is 18.3 Å². The highest BCUT2D eigenvalue weighted by molar-refractivity contribution is 7.97. The number of aryl methyl sites for hydroxylation is 1. The molecular weight excluding hydrogens is 170 g/mol. The van der Waals surface area contributed by atoms with Gasteiger partial charge < -0.3 is 0 Å². The summed E-state index contributed by atoms with van der Waals surface area (Å²) in [4.78, 5) is 10.9. The summed E-state index contributed by atoms with van der Waals surface area (Å²) in [6.45, 7) is 1.81. The third kappa shape index (κ3) is 1.66. The number of benzene rings is 1. The molecule has 0 amide bonds. The Kier molecular flexibility index (Phi) is 2.51. The quantitative estimate of drug-likeness (QED) is 0.666. The van der Waals surface area contributed by atoms with Crippen LogP contribution in [0.5, 0.6) is 0 Å². The number of rotatable bonds is 1. The zero-order chi connectivity index (χ0) is 9.14. The second-order valence-electron chi connectivity index (χ2n) is 2.45. The number of nitriles is 1. The van der Waals surface area contributed by atoms with E-state index in [0.29, 0.717) is 11.1 Å². The van der Waals surface area contributed by atoms with Gasteiger partial charge in [-0.15, -0.1) is 12.6 Å². The van der Waals surface area contributed by atoms with Gasteiger partial charge in [-0.3, -0.25) is 4.79 Å². The third-order valence-corrected chi connectivity index (χ3v) is 1.84. The summed E-state index contributed by atoms with van der Waals surface area (Å²) in [5.74, 6) is 0. The molecule has 0 unspecified atom stereocenters. The van der Waals surface area contributed by atoms with Gasteiger partial charge >= 0.3 is 0 Å². The molecule has 0 atom stereocenters. The first-order valence-electron chi connectivity index (χ1n) is 3.39. The van der Waals surface area contributed by atoms with E-state index < -0.39 is 0 Å². The van der Waals surface area contributed by atoms with Crippen molar-refractivity contribution in [1.82, 2.24) is 0 Å². The van der Waals surface area contributed by atoms with Crippen LogP contribution in [0.3, 0.4) is 0 Å².